The van der Waals surface area contributed by atoms with E-state index in [9.17, 15) is 4.79 Å². The minimum atomic E-state index is -1.43. The van der Waals surface area contributed by atoms with E-state index in [4.69, 9.17) is 15.6 Å². The Labute approximate surface area is 124 Å². The molecule has 0 aliphatic carbocycles. The molecule has 0 bridgehead atoms. The maximum absolute atomic E-state index is 11.2. The summed E-state index contributed by atoms with van der Waals surface area (Å²) in [6.07, 6.45) is 0. The van der Waals surface area contributed by atoms with Gasteiger partial charge >= 0.3 is 5.97 Å². The third-order valence-electron chi connectivity index (χ3n) is 3.40. The van der Waals surface area contributed by atoms with Crippen LogP contribution in [0.25, 0.3) is 0 Å². The number of carboxylic acids is 1. The fourth-order valence-corrected chi connectivity index (χ4v) is 1.88. The molecular formula is C17H19NO3. The minimum Gasteiger partial charge on any atom is -0.489 e. The van der Waals surface area contributed by atoms with Crippen LogP contribution in [-0.4, -0.2) is 11.1 Å². The molecular weight excluding hydrogens is 266 g/mol. The summed E-state index contributed by atoms with van der Waals surface area (Å²) >= 11 is 0. The van der Waals surface area contributed by atoms with Crippen LogP contribution in [0.4, 0.5) is 0 Å². The Balaban J connectivity index is 2.11. The van der Waals surface area contributed by atoms with Gasteiger partial charge in [0.05, 0.1) is 0 Å². The van der Waals surface area contributed by atoms with Gasteiger partial charge in [-0.25, -0.2) is 4.79 Å². The zero-order chi connectivity index (χ0) is 15.5. The number of carbonyl (C=O) groups is 1. The third-order valence-corrected chi connectivity index (χ3v) is 3.40. The number of nitrogens with two attached hydrogens (primary N) is 1. The van der Waals surface area contributed by atoms with E-state index in [0.717, 1.165) is 5.56 Å². The van der Waals surface area contributed by atoms with Crippen LogP contribution in [0.2, 0.25) is 0 Å². The molecule has 0 spiro atoms. The number of benzene rings is 2. The lowest BCUT2D eigenvalue weighted by molar-refractivity contribution is -0.143. The highest BCUT2D eigenvalue weighted by Crippen LogP contribution is 2.23. The van der Waals surface area contributed by atoms with Crippen LogP contribution < -0.4 is 10.5 Å². The molecule has 0 heterocycles. The Bertz CT molecular complexity index is 633. The second-order valence-electron chi connectivity index (χ2n) is 5.31. The normalized spacial score (nSPS) is 13.5. The van der Waals surface area contributed by atoms with Crippen molar-refractivity contribution in [1.29, 1.82) is 0 Å². The van der Waals surface area contributed by atoms with Crippen molar-refractivity contribution in [3.05, 3.63) is 65.2 Å². The molecule has 2 rings (SSSR count). The van der Waals surface area contributed by atoms with Crippen molar-refractivity contribution >= 4 is 5.97 Å². The number of aliphatic carboxylic acids is 1. The van der Waals surface area contributed by atoms with Gasteiger partial charge in [0.15, 0.2) is 0 Å². The van der Waals surface area contributed by atoms with Crippen molar-refractivity contribution in [3.63, 3.8) is 0 Å². The molecule has 0 fully saturated rings. The maximum Gasteiger partial charge on any atom is 0.328 e. The minimum absolute atomic E-state index is 0.429. The fourth-order valence-electron chi connectivity index (χ4n) is 1.88. The highest BCUT2D eigenvalue weighted by molar-refractivity contribution is 5.80. The van der Waals surface area contributed by atoms with Gasteiger partial charge in [-0.15, -0.1) is 0 Å². The summed E-state index contributed by atoms with van der Waals surface area (Å²) in [5, 5.41) is 9.15. The monoisotopic (exact) mass is 285 g/mol. The molecule has 0 saturated carbocycles. The molecule has 0 radical (unpaired) electrons. The molecule has 0 aliphatic heterocycles. The van der Waals surface area contributed by atoms with Crippen molar-refractivity contribution in [2.45, 2.75) is 26.0 Å². The van der Waals surface area contributed by atoms with Crippen molar-refractivity contribution < 1.29 is 14.6 Å². The molecule has 0 saturated heterocycles. The molecule has 1 unspecified atom stereocenters. The van der Waals surface area contributed by atoms with Crippen LogP contribution in [0.1, 0.15) is 23.6 Å². The van der Waals surface area contributed by atoms with E-state index in [2.05, 4.69) is 0 Å². The Hall–Kier alpha value is -2.33. The van der Waals surface area contributed by atoms with E-state index in [1.54, 1.807) is 24.3 Å². The first-order valence-electron chi connectivity index (χ1n) is 6.71. The quantitative estimate of drug-likeness (QED) is 0.886. The maximum atomic E-state index is 11.2. The summed E-state index contributed by atoms with van der Waals surface area (Å²) in [5.74, 6) is -0.468. The van der Waals surface area contributed by atoms with Crippen LogP contribution in [0.3, 0.4) is 0 Å². The first-order valence-corrected chi connectivity index (χ1v) is 6.71. The topological polar surface area (TPSA) is 72.5 Å². The largest absolute Gasteiger partial charge is 0.489 e. The number of carboxylic acid groups (broad SMARTS) is 1. The van der Waals surface area contributed by atoms with E-state index >= 15 is 0 Å². The van der Waals surface area contributed by atoms with E-state index in [0.29, 0.717) is 17.9 Å². The van der Waals surface area contributed by atoms with Crippen LogP contribution in [0.15, 0.2) is 48.5 Å². The summed E-state index contributed by atoms with van der Waals surface area (Å²) in [6.45, 7) is 3.93. The van der Waals surface area contributed by atoms with E-state index < -0.39 is 11.5 Å². The molecule has 1 atom stereocenters. The smallest absolute Gasteiger partial charge is 0.328 e. The standard InChI is InChI=1S/C17H19NO3/c1-12-6-8-13(9-7-12)11-21-15-5-3-4-14(10-15)17(2,18)16(19)20/h3-10H,11,18H2,1-2H3,(H,19,20). The van der Waals surface area contributed by atoms with Gasteiger partial charge in [0, 0.05) is 0 Å². The van der Waals surface area contributed by atoms with Gasteiger partial charge < -0.3 is 15.6 Å². The van der Waals surface area contributed by atoms with Crippen LogP contribution in [0, 0.1) is 6.92 Å². The predicted octanol–water partition coefficient (Wildman–Crippen LogP) is 2.83. The second kappa shape index (κ2) is 5.97. The van der Waals surface area contributed by atoms with Crippen molar-refractivity contribution in [2.75, 3.05) is 0 Å². The molecule has 3 N–H and O–H groups in total. The average Bonchev–Trinajstić information content (AvgIpc) is 2.47. The summed E-state index contributed by atoms with van der Waals surface area (Å²) in [5.41, 5.74) is 7.15. The van der Waals surface area contributed by atoms with Gasteiger partial charge in [-0.1, -0.05) is 42.0 Å². The SMILES string of the molecule is Cc1ccc(COc2cccc(C(C)(N)C(=O)O)c2)cc1. The number of aryl methyl sites for hydroxylation is 1. The first kappa shape index (κ1) is 15.1. The molecule has 0 aliphatic rings. The lowest BCUT2D eigenvalue weighted by atomic mass is 9.93. The summed E-state index contributed by atoms with van der Waals surface area (Å²) in [4.78, 5) is 11.2. The molecule has 4 heteroatoms. The van der Waals surface area contributed by atoms with E-state index in [1.807, 2.05) is 31.2 Å². The summed E-state index contributed by atoms with van der Waals surface area (Å²) in [6, 6.07) is 14.9. The number of hydrogen-bond donors (Lipinski definition) is 2. The van der Waals surface area contributed by atoms with Crippen LogP contribution >= 0.6 is 0 Å². The molecule has 0 aromatic heterocycles. The van der Waals surface area contributed by atoms with Gasteiger partial charge in [-0.05, 0) is 37.1 Å². The van der Waals surface area contributed by atoms with Crippen LogP contribution in [0.5, 0.6) is 5.75 Å². The molecule has 110 valence electrons. The summed E-state index contributed by atoms with van der Waals surface area (Å²) in [7, 11) is 0. The fraction of sp³-hybridized carbons (Fsp3) is 0.235. The van der Waals surface area contributed by atoms with Gasteiger partial charge in [0.2, 0.25) is 0 Å². The summed E-state index contributed by atoms with van der Waals surface area (Å²) < 4.78 is 5.70. The van der Waals surface area contributed by atoms with Gasteiger partial charge in [0.25, 0.3) is 0 Å². The zero-order valence-electron chi connectivity index (χ0n) is 12.2. The molecule has 2 aromatic carbocycles. The first-order chi connectivity index (χ1) is 9.89. The van der Waals surface area contributed by atoms with E-state index in [1.165, 1.54) is 12.5 Å². The van der Waals surface area contributed by atoms with Gasteiger partial charge in [0.1, 0.15) is 17.9 Å². The van der Waals surface area contributed by atoms with Crippen molar-refractivity contribution in [1.82, 2.24) is 0 Å². The van der Waals surface area contributed by atoms with E-state index in [-0.39, 0.29) is 0 Å². The highest BCUT2D eigenvalue weighted by atomic mass is 16.5. The average molecular weight is 285 g/mol. The van der Waals surface area contributed by atoms with Crippen LogP contribution in [-0.2, 0) is 16.9 Å². The number of hydrogen-bond acceptors (Lipinski definition) is 3. The van der Waals surface area contributed by atoms with Crippen molar-refractivity contribution in [2.24, 2.45) is 5.73 Å². The Morgan fingerprint density at radius 3 is 2.52 bits per heavy atom. The molecule has 21 heavy (non-hydrogen) atoms. The third kappa shape index (κ3) is 3.61. The number of ether oxygens (including phenoxy) is 1. The second-order valence-corrected chi connectivity index (χ2v) is 5.31. The highest BCUT2D eigenvalue weighted by Gasteiger charge is 2.30. The molecule has 0 amide bonds. The molecule has 2 aromatic rings. The number of rotatable bonds is 5. The Kier molecular flexibility index (Phi) is 4.29. The Morgan fingerprint density at radius 2 is 1.90 bits per heavy atom. The van der Waals surface area contributed by atoms with Gasteiger partial charge in [-0.3, -0.25) is 0 Å². The predicted molar refractivity (Wildman–Crippen MR) is 81.1 cm³/mol. The van der Waals surface area contributed by atoms with Gasteiger partial charge in [-0.2, -0.15) is 0 Å². The Morgan fingerprint density at radius 1 is 1.24 bits per heavy atom. The van der Waals surface area contributed by atoms with Crippen molar-refractivity contribution in [3.8, 4) is 5.75 Å². The lowest BCUT2D eigenvalue weighted by Gasteiger charge is -2.20. The lowest BCUT2D eigenvalue weighted by Crippen LogP contribution is -2.41. The zero-order valence-corrected chi connectivity index (χ0v) is 12.2. The molecule has 4 nitrogen and oxygen atoms in total.